The zero-order chi connectivity index (χ0) is 22.6. The molecule has 0 bridgehead atoms. The molecule has 1 fully saturated rings. The molecule has 3 aromatic rings. The quantitative estimate of drug-likeness (QED) is 0.500. The minimum atomic E-state index is -3.39. The first kappa shape index (κ1) is 22.6. The van der Waals surface area contributed by atoms with Crippen molar-refractivity contribution in [2.75, 3.05) is 39.2 Å². The summed E-state index contributed by atoms with van der Waals surface area (Å²) in [6.45, 7) is 1.94. The second kappa shape index (κ2) is 9.89. The number of thiazole rings is 1. The van der Waals surface area contributed by atoms with E-state index in [1.807, 2.05) is 35.7 Å². The number of methoxy groups -OCH3 is 2. The number of nitrogens with one attached hydrogen (secondary N) is 1. The molecular formula is C23H27N3O4S2. The zero-order valence-electron chi connectivity index (χ0n) is 18.2. The molecule has 0 spiro atoms. The number of nitrogens with zero attached hydrogens (tertiary/aromatic N) is 2. The van der Waals surface area contributed by atoms with E-state index in [9.17, 15) is 8.42 Å². The zero-order valence-corrected chi connectivity index (χ0v) is 19.8. The molecule has 0 aliphatic carbocycles. The topological polar surface area (TPSA) is 80.8 Å². The average Bonchev–Trinajstić information content (AvgIpc) is 3.52. The lowest BCUT2D eigenvalue weighted by Crippen LogP contribution is -2.27. The number of aromatic nitrogens is 1. The van der Waals surface area contributed by atoms with E-state index in [-0.39, 0.29) is 0 Å². The van der Waals surface area contributed by atoms with E-state index in [0.717, 1.165) is 53.5 Å². The Morgan fingerprint density at radius 3 is 2.44 bits per heavy atom. The van der Waals surface area contributed by atoms with Crippen LogP contribution in [0.5, 0.6) is 11.5 Å². The normalized spacial score (nSPS) is 14.4. The van der Waals surface area contributed by atoms with Gasteiger partial charge in [0.2, 0.25) is 10.0 Å². The lowest BCUT2D eigenvalue weighted by atomic mass is 10.1. The summed E-state index contributed by atoms with van der Waals surface area (Å²) in [5.41, 5.74) is 2.87. The highest BCUT2D eigenvalue weighted by Gasteiger charge is 2.27. The monoisotopic (exact) mass is 473 g/mol. The van der Waals surface area contributed by atoms with Gasteiger partial charge in [0.15, 0.2) is 16.6 Å². The van der Waals surface area contributed by atoms with Gasteiger partial charge in [0, 0.05) is 30.6 Å². The number of anilines is 1. The highest BCUT2D eigenvalue weighted by atomic mass is 32.2. The lowest BCUT2D eigenvalue weighted by Gasteiger charge is -2.15. The molecule has 0 unspecified atom stereocenters. The van der Waals surface area contributed by atoms with Crippen LogP contribution in [0.25, 0.3) is 11.3 Å². The van der Waals surface area contributed by atoms with Crippen LogP contribution in [0.15, 0.2) is 52.7 Å². The predicted molar refractivity (Wildman–Crippen MR) is 127 cm³/mol. The fourth-order valence-corrected chi connectivity index (χ4v) is 5.98. The summed E-state index contributed by atoms with van der Waals surface area (Å²) in [7, 11) is -0.140. The molecule has 170 valence electrons. The second-order valence-corrected chi connectivity index (χ2v) is 10.3. The molecular weight excluding hydrogens is 446 g/mol. The lowest BCUT2D eigenvalue weighted by molar-refractivity contribution is 0.354. The van der Waals surface area contributed by atoms with E-state index in [1.54, 1.807) is 30.7 Å². The third-order valence-corrected chi connectivity index (χ3v) is 8.21. The summed E-state index contributed by atoms with van der Waals surface area (Å²) in [5.74, 6) is 1.43. The number of ether oxygens (including phenoxy) is 2. The van der Waals surface area contributed by atoms with E-state index in [1.165, 1.54) is 11.3 Å². The molecule has 1 saturated heterocycles. The van der Waals surface area contributed by atoms with Crippen molar-refractivity contribution >= 4 is 26.5 Å². The van der Waals surface area contributed by atoms with Crippen molar-refractivity contribution in [3.05, 3.63) is 53.4 Å². The Hall–Kier alpha value is -2.62. The molecule has 2 aromatic carbocycles. The van der Waals surface area contributed by atoms with Crippen molar-refractivity contribution in [2.24, 2.45) is 0 Å². The van der Waals surface area contributed by atoms with Crippen LogP contribution in [0.2, 0.25) is 0 Å². The summed E-state index contributed by atoms with van der Waals surface area (Å²) in [6, 6.07) is 12.9. The number of hydrogen-bond acceptors (Lipinski definition) is 7. The summed E-state index contributed by atoms with van der Waals surface area (Å²) >= 11 is 1.53. The maximum Gasteiger partial charge on any atom is 0.243 e. The van der Waals surface area contributed by atoms with Crippen LogP contribution in [-0.4, -0.2) is 51.6 Å². The van der Waals surface area contributed by atoms with E-state index >= 15 is 0 Å². The van der Waals surface area contributed by atoms with Crippen LogP contribution in [-0.2, 0) is 16.4 Å². The molecule has 2 heterocycles. The summed E-state index contributed by atoms with van der Waals surface area (Å²) in [5, 5.41) is 6.16. The molecule has 9 heteroatoms. The van der Waals surface area contributed by atoms with Crippen molar-refractivity contribution in [2.45, 2.75) is 24.2 Å². The minimum Gasteiger partial charge on any atom is -0.493 e. The van der Waals surface area contributed by atoms with Gasteiger partial charge < -0.3 is 14.8 Å². The summed E-state index contributed by atoms with van der Waals surface area (Å²) in [6.07, 6.45) is 2.67. The van der Waals surface area contributed by atoms with Gasteiger partial charge >= 0.3 is 0 Å². The molecule has 0 saturated carbocycles. The largest absolute Gasteiger partial charge is 0.493 e. The van der Waals surface area contributed by atoms with Gasteiger partial charge in [-0.2, -0.15) is 4.31 Å². The predicted octanol–water partition coefficient (Wildman–Crippen LogP) is 4.27. The first-order valence-electron chi connectivity index (χ1n) is 10.5. The standard InChI is InChI=1S/C23H27N3O4S2/c1-29-21-10-5-17(15-22(21)30-2)11-12-24-23-25-20(16-31-23)18-6-8-19(9-7-18)32(27,28)26-13-3-4-14-26/h5-10,15-16H,3-4,11-14H2,1-2H3,(H,24,25). The first-order valence-corrected chi connectivity index (χ1v) is 12.8. The summed E-state index contributed by atoms with van der Waals surface area (Å²) < 4.78 is 37.6. The van der Waals surface area contributed by atoms with Crippen LogP contribution in [0.4, 0.5) is 5.13 Å². The van der Waals surface area contributed by atoms with Crippen LogP contribution in [0, 0.1) is 0 Å². The van der Waals surface area contributed by atoms with Crippen LogP contribution in [0.3, 0.4) is 0 Å². The maximum absolute atomic E-state index is 12.7. The molecule has 0 amide bonds. The van der Waals surface area contributed by atoms with Crippen LogP contribution >= 0.6 is 11.3 Å². The number of sulfonamides is 1. The number of rotatable bonds is 9. The Kier molecular flexibility index (Phi) is 6.98. The van der Waals surface area contributed by atoms with Crippen molar-refractivity contribution in [1.82, 2.24) is 9.29 Å². The third kappa shape index (κ3) is 4.90. The third-order valence-electron chi connectivity index (χ3n) is 5.49. The van der Waals surface area contributed by atoms with Gasteiger partial charge in [0.05, 0.1) is 24.8 Å². The Bertz CT molecular complexity index is 1150. The van der Waals surface area contributed by atoms with Crippen LogP contribution < -0.4 is 14.8 Å². The fraction of sp³-hybridized carbons (Fsp3) is 0.348. The Balaban J connectivity index is 1.36. The average molecular weight is 474 g/mol. The van der Waals surface area contributed by atoms with Crippen molar-refractivity contribution in [3.63, 3.8) is 0 Å². The van der Waals surface area contributed by atoms with Gasteiger partial charge in [-0.05, 0) is 49.1 Å². The van der Waals surface area contributed by atoms with Crippen molar-refractivity contribution in [3.8, 4) is 22.8 Å². The Labute approximate surface area is 193 Å². The number of hydrogen-bond donors (Lipinski definition) is 1. The van der Waals surface area contributed by atoms with Gasteiger partial charge in [0.25, 0.3) is 0 Å². The van der Waals surface area contributed by atoms with Gasteiger partial charge in [-0.3, -0.25) is 0 Å². The van der Waals surface area contributed by atoms with E-state index in [2.05, 4.69) is 10.3 Å². The van der Waals surface area contributed by atoms with Gasteiger partial charge in [-0.15, -0.1) is 11.3 Å². The minimum absolute atomic E-state index is 0.339. The number of benzene rings is 2. The highest BCUT2D eigenvalue weighted by Crippen LogP contribution is 2.29. The second-order valence-electron chi connectivity index (χ2n) is 7.54. The van der Waals surface area contributed by atoms with Crippen molar-refractivity contribution in [1.29, 1.82) is 0 Å². The highest BCUT2D eigenvalue weighted by molar-refractivity contribution is 7.89. The maximum atomic E-state index is 12.7. The molecule has 1 N–H and O–H groups in total. The van der Waals surface area contributed by atoms with Crippen LogP contribution in [0.1, 0.15) is 18.4 Å². The van der Waals surface area contributed by atoms with Gasteiger partial charge in [-0.1, -0.05) is 18.2 Å². The molecule has 1 aromatic heterocycles. The molecule has 1 aliphatic rings. The molecule has 32 heavy (non-hydrogen) atoms. The molecule has 7 nitrogen and oxygen atoms in total. The Morgan fingerprint density at radius 2 is 1.75 bits per heavy atom. The smallest absolute Gasteiger partial charge is 0.243 e. The fourth-order valence-electron chi connectivity index (χ4n) is 3.71. The Morgan fingerprint density at radius 1 is 1.03 bits per heavy atom. The van der Waals surface area contributed by atoms with E-state index in [0.29, 0.717) is 23.7 Å². The SMILES string of the molecule is COc1ccc(CCNc2nc(-c3ccc(S(=O)(=O)N4CCCC4)cc3)cs2)cc1OC. The summed E-state index contributed by atoms with van der Waals surface area (Å²) in [4.78, 5) is 4.98. The van der Waals surface area contributed by atoms with Crippen molar-refractivity contribution < 1.29 is 17.9 Å². The molecule has 1 aliphatic heterocycles. The van der Waals surface area contributed by atoms with Gasteiger partial charge in [0.1, 0.15) is 0 Å². The van der Waals surface area contributed by atoms with E-state index < -0.39 is 10.0 Å². The van der Waals surface area contributed by atoms with Gasteiger partial charge in [-0.25, -0.2) is 13.4 Å². The molecule has 0 radical (unpaired) electrons. The molecule has 0 atom stereocenters. The first-order chi connectivity index (χ1) is 15.5. The van der Waals surface area contributed by atoms with E-state index in [4.69, 9.17) is 9.47 Å². The molecule has 4 rings (SSSR count).